The van der Waals surface area contributed by atoms with Crippen molar-refractivity contribution >= 4 is 17.5 Å². The molecule has 1 fully saturated rings. The second-order valence-electron chi connectivity index (χ2n) is 8.38. The smallest absolute Gasteiger partial charge is 0.227 e. The summed E-state index contributed by atoms with van der Waals surface area (Å²) in [6, 6.07) is 28.8. The first-order valence-corrected chi connectivity index (χ1v) is 11.4. The Labute approximate surface area is 190 Å². The number of hydrogen-bond donors (Lipinski definition) is 1. The maximum absolute atomic E-state index is 12.8. The van der Waals surface area contributed by atoms with E-state index in [1.165, 1.54) is 16.7 Å². The van der Waals surface area contributed by atoms with Crippen molar-refractivity contribution in [3.63, 3.8) is 0 Å². The monoisotopic (exact) mass is 426 g/mol. The summed E-state index contributed by atoms with van der Waals surface area (Å²) in [5.41, 5.74) is 4.59. The van der Waals surface area contributed by atoms with Gasteiger partial charge in [-0.2, -0.15) is 0 Å². The van der Waals surface area contributed by atoms with Gasteiger partial charge in [0, 0.05) is 31.1 Å². The van der Waals surface area contributed by atoms with E-state index in [9.17, 15) is 9.59 Å². The summed E-state index contributed by atoms with van der Waals surface area (Å²) < 4.78 is 0. The van der Waals surface area contributed by atoms with Crippen LogP contribution in [-0.4, -0.2) is 24.9 Å². The lowest BCUT2D eigenvalue weighted by Gasteiger charge is -2.19. The van der Waals surface area contributed by atoms with Crippen LogP contribution >= 0.6 is 0 Å². The zero-order chi connectivity index (χ0) is 22.3. The Hall–Kier alpha value is -3.40. The number of anilines is 1. The van der Waals surface area contributed by atoms with Crippen molar-refractivity contribution in [3.8, 4) is 0 Å². The molecule has 3 aromatic rings. The minimum Gasteiger partial charge on any atom is -0.356 e. The van der Waals surface area contributed by atoms with Gasteiger partial charge in [-0.15, -0.1) is 0 Å². The Morgan fingerprint density at radius 3 is 2.09 bits per heavy atom. The molecule has 1 aliphatic heterocycles. The van der Waals surface area contributed by atoms with Gasteiger partial charge >= 0.3 is 0 Å². The average molecular weight is 427 g/mol. The summed E-state index contributed by atoms with van der Waals surface area (Å²) in [4.78, 5) is 27.1. The molecule has 1 N–H and O–H groups in total. The van der Waals surface area contributed by atoms with Gasteiger partial charge in [-0.25, -0.2) is 0 Å². The Balaban J connectivity index is 1.36. The van der Waals surface area contributed by atoms with E-state index in [0.29, 0.717) is 13.1 Å². The van der Waals surface area contributed by atoms with Crippen LogP contribution in [0.2, 0.25) is 0 Å². The van der Waals surface area contributed by atoms with Crippen LogP contribution in [-0.2, 0) is 16.0 Å². The number of carbonyl (C=O) groups is 2. The van der Waals surface area contributed by atoms with E-state index in [0.717, 1.165) is 18.5 Å². The lowest BCUT2D eigenvalue weighted by molar-refractivity contribution is -0.126. The summed E-state index contributed by atoms with van der Waals surface area (Å²) in [5.74, 6) is -0.108. The van der Waals surface area contributed by atoms with Gasteiger partial charge in [-0.1, -0.05) is 79.7 Å². The number of carbonyl (C=O) groups excluding carboxylic acids is 2. The Morgan fingerprint density at radius 2 is 1.53 bits per heavy atom. The SMILES string of the molecule is CCc1ccc(N2C[C@@H](C(=O)NCCC(c3ccccc3)c3ccccc3)CC2=O)cc1. The van der Waals surface area contributed by atoms with Crippen molar-refractivity contribution in [2.24, 2.45) is 5.92 Å². The molecule has 1 saturated heterocycles. The van der Waals surface area contributed by atoms with Gasteiger partial charge in [0.1, 0.15) is 0 Å². The van der Waals surface area contributed by atoms with Crippen LogP contribution in [0.15, 0.2) is 84.9 Å². The number of amides is 2. The predicted molar refractivity (Wildman–Crippen MR) is 129 cm³/mol. The lowest BCUT2D eigenvalue weighted by atomic mass is 9.88. The Bertz CT molecular complexity index is 993. The van der Waals surface area contributed by atoms with Crippen LogP contribution in [0.1, 0.15) is 42.4 Å². The molecule has 1 atom stereocenters. The fourth-order valence-corrected chi connectivity index (χ4v) is 4.42. The molecule has 0 spiro atoms. The molecule has 0 radical (unpaired) electrons. The van der Waals surface area contributed by atoms with Crippen LogP contribution in [0, 0.1) is 5.92 Å². The molecule has 4 heteroatoms. The van der Waals surface area contributed by atoms with E-state index in [4.69, 9.17) is 0 Å². The fraction of sp³-hybridized carbons (Fsp3) is 0.286. The largest absolute Gasteiger partial charge is 0.356 e. The standard InChI is InChI=1S/C28H30N2O2/c1-2-21-13-15-25(16-14-21)30-20-24(19-27(30)31)28(32)29-18-17-26(22-9-5-3-6-10-22)23-11-7-4-8-12-23/h3-16,24,26H,2,17-20H2,1H3,(H,29,32)/t24-/m0/s1. The third kappa shape index (κ3) is 5.08. The summed E-state index contributed by atoms with van der Waals surface area (Å²) in [6.45, 7) is 3.12. The molecule has 164 valence electrons. The summed E-state index contributed by atoms with van der Waals surface area (Å²) >= 11 is 0. The van der Waals surface area contributed by atoms with E-state index in [2.05, 4.69) is 60.8 Å². The zero-order valence-electron chi connectivity index (χ0n) is 18.5. The van der Waals surface area contributed by atoms with Crippen molar-refractivity contribution in [2.45, 2.75) is 32.1 Å². The third-order valence-corrected chi connectivity index (χ3v) is 6.29. The highest BCUT2D eigenvalue weighted by Crippen LogP contribution is 2.28. The van der Waals surface area contributed by atoms with Crippen LogP contribution < -0.4 is 10.2 Å². The Kier molecular flexibility index (Phi) is 7.00. The predicted octanol–water partition coefficient (Wildman–Crippen LogP) is 4.94. The van der Waals surface area contributed by atoms with E-state index < -0.39 is 0 Å². The van der Waals surface area contributed by atoms with Gasteiger partial charge in [-0.05, 0) is 41.7 Å². The first-order valence-electron chi connectivity index (χ1n) is 11.4. The lowest BCUT2D eigenvalue weighted by Crippen LogP contribution is -2.34. The minimum absolute atomic E-state index is 0.0147. The number of aryl methyl sites for hydroxylation is 1. The molecule has 3 aromatic carbocycles. The molecule has 0 unspecified atom stereocenters. The average Bonchev–Trinajstić information content (AvgIpc) is 3.24. The fourth-order valence-electron chi connectivity index (χ4n) is 4.42. The molecular formula is C28H30N2O2. The molecule has 4 nitrogen and oxygen atoms in total. The highest BCUT2D eigenvalue weighted by molar-refractivity contribution is 6.00. The molecule has 0 aliphatic carbocycles. The van der Waals surface area contributed by atoms with Crippen molar-refractivity contribution in [3.05, 3.63) is 102 Å². The maximum Gasteiger partial charge on any atom is 0.227 e. The first-order chi connectivity index (χ1) is 15.7. The van der Waals surface area contributed by atoms with Crippen molar-refractivity contribution in [1.29, 1.82) is 0 Å². The third-order valence-electron chi connectivity index (χ3n) is 6.29. The van der Waals surface area contributed by atoms with Crippen molar-refractivity contribution in [2.75, 3.05) is 18.0 Å². The van der Waals surface area contributed by atoms with Gasteiger partial charge in [0.05, 0.1) is 5.92 Å². The van der Waals surface area contributed by atoms with Gasteiger partial charge in [0.2, 0.25) is 11.8 Å². The molecular weight excluding hydrogens is 396 g/mol. The van der Waals surface area contributed by atoms with E-state index in [1.807, 2.05) is 36.4 Å². The second kappa shape index (κ2) is 10.3. The van der Waals surface area contributed by atoms with Gasteiger partial charge < -0.3 is 10.2 Å². The van der Waals surface area contributed by atoms with Crippen molar-refractivity contribution in [1.82, 2.24) is 5.32 Å². The molecule has 1 aliphatic rings. The number of nitrogens with zero attached hydrogens (tertiary/aromatic N) is 1. The van der Waals surface area contributed by atoms with Crippen LogP contribution in [0.4, 0.5) is 5.69 Å². The van der Waals surface area contributed by atoms with Crippen LogP contribution in [0.25, 0.3) is 0 Å². The number of benzene rings is 3. The van der Waals surface area contributed by atoms with Gasteiger partial charge in [-0.3, -0.25) is 9.59 Å². The number of rotatable bonds is 8. The van der Waals surface area contributed by atoms with Gasteiger partial charge in [0.15, 0.2) is 0 Å². The van der Waals surface area contributed by atoms with Gasteiger partial charge in [0.25, 0.3) is 0 Å². The second-order valence-corrected chi connectivity index (χ2v) is 8.38. The molecule has 32 heavy (non-hydrogen) atoms. The maximum atomic E-state index is 12.8. The Morgan fingerprint density at radius 1 is 0.938 bits per heavy atom. The molecule has 0 bridgehead atoms. The molecule has 1 heterocycles. The highest BCUT2D eigenvalue weighted by atomic mass is 16.2. The topological polar surface area (TPSA) is 49.4 Å². The van der Waals surface area contributed by atoms with E-state index in [-0.39, 0.29) is 30.1 Å². The summed E-state index contributed by atoms with van der Waals surface area (Å²) in [7, 11) is 0. The quantitative estimate of drug-likeness (QED) is 0.555. The molecule has 2 amide bonds. The minimum atomic E-state index is -0.305. The molecule has 0 aromatic heterocycles. The highest BCUT2D eigenvalue weighted by Gasteiger charge is 2.35. The normalized spacial score (nSPS) is 15.9. The number of hydrogen-bond acceptors (Lipinski definition) is 2. The van der Waals surface area contributed by atoms with Crippen LogP contribution in [0.5, 0.6) is 0 Å². The summed E-state index contributed by atoms with van der Waals surface area (Å²) in [6.07, 6.45) is 2.04. The molecule has 4 rings (SSSR count). The number of nitrogens with one attached hydrogen (secondary N) is 1. The van der Waals surface area contributed by atoms with Crippen LogP contribution in [0.3, 0.4) is 0 Å². The molecule has 0 saturated carbocycles. The van der Waals surface area contributed by atoms with Crippen molar-refractivity contribution < 1.29 is 9.59 Å². The summed E-state index contributed by atoms with van der Waals surface area (Å²) in [5, 5.41) is 3.09. The first kappa shape index (κ1) is 21.8. The van der Waals surface area contributed by atoms with E-state index in [1.54, 1.807) is 4.90 Å². The van der Waals surface area contributed by atoms with E-state index >= 15 is 0 Å². The zero-order valence-corrected chi connectivity index (χ0v) is 18.5.